The van der Waals surface area contributed by atoms with Gasteiger partial charge in [0.05, 0.1) is 5.41 Å². The molecule has 3 aliphatic rings. The summed E-state index contributed by atoms with van der Waals surface area (Å²) < 4.78 is 0. The molecule has 0 N–H and O–H groups in total. The molecule has 0 aromatic heterocycles. The number of fused-ring (bicyclic) bond motifs is 1. The van der Waals surface area contributed by atoms with Gasteiger partial charge >= 0.3 is 0 Å². The highest BCUT2D eigenvalue weighted by Gasteiger charge is 2.46. The van der Waals surface area contributed by atoms with Crippen LogP contribution in [0.1, 0.15) is 49.7 Å². The first kappa shape index (κ1) is 13.1. The lowest BCUT2D eigenvalue weighted by Crippen LogP contribution is -2.42. The third-order valence-electron chi connectivity index (χ3n) is 5.74. The Morgan fingerprint density at radius 2 is 1.71 bits per heavy atom. The normalized spacial score (nSPS) is 29.8. The molecule has 0 saturated heterocycles. The lowest BCUT2D eigenvalue weighted by molar-refractivity contribution is -0.124. The summed E-state index contributed by atoms with van der Waals surface area (Å²) in [5, 5.41) is 0. The molecule has 3 aliphatic carbocycles. The predicted molar refractivity (Wildman–Crippen MR) is 85.9 cm³/mol. The largest absolute Gasteiger partial charge is 0.294 e. The van der Waals surface area contributed by atoms with Gasteiger partial charge in [0.25, 0.3) is 0 Å². The summed E-state index contributed by atoms with van der Waals surface area (Å²) in [5.41, 5.74) is 2.61. The van der Waals surface area contributed by atoms with E-state index in [0.717, 1.165) is 12.8 Å². The monoisotopic (exact) mass is 278 g/mol. The molecule has 1 nitrogen and oxygen atoms in total. The number of benzene rings is 1. The zero-order valence-electron chi connectivity index (χ0n) is 12.5. The Morgan fingerprint density at radius 3 is 2.57 bits per heavy atom. The molecule has 108 valence electrons. The summed E-state index contributed by atoms with van der Waals surface area (Å²) in [4.78, 5) is 12.7. The Balaban J connectivity index is 1.72. The van der Waals surface area contributed by atoms with Gasteiger partial charge in [0.2, 0.25) is 0 Å². The molecule has 0 unspecified atom stereocenters. The van der Waals surface area contributed by atoms with Gasteiger partial charge in [-0.3, -0.25) is 4.79 Å². The van der Waals surface area contributed by atoms with Crippen LogP contribution in [0.2, 0.25) is 0 Å². The molecule has 0 radical (unpaired) electrons. The molecular weight excluding hydrogens is 256 g/mol. The van der Waals surface area contributed by atoms with E-state index in [1.165, 1.54) is 43.2 Å². The Bertz CT molecular complexity index is 631. The van der Waals surface area contributed by atoms with Crippen LogP contribution in [0.25, 0.3) is 6.08 Å². The van der Waals surface area contributed by atoms with Crippen molar-refractivity contribution in [3.63, 3.8) is 0 Å². The lowest BCUT2D eigenvalue weighted by atomic mass is 9.57. The molecule has 2 spiro atoms. The Labute approximate surface area is 126 Å². The first-order valence-electron chi connectivity index (χ1n) is 8.22. The second kappa shape index (κ2) is 4.69. The van der Waals surface area contributed by atoms with Gasteiger partial charge in [-0.05, 0) is 48.3 Å². The van der Waals surface area contributed by atoms with E-state index in [2.05, 4.69) is 42.5 Å². The van der Waals surface area contributed by atoms with Crippen LogP contribution >= 0.6 is 0 Å². The Morgan fingerprint density at radius 1 is 0.905 bits per heavy atom. The fourth-order valence-electron chi connectivity index (χ4n) is 4.59. The molecule has 0 aliphatic heterocycles. The van der Waals surface area contributed by atoms with Crippen LogP contribution in [0.5, 0.6) is 0 Å². The highest BCUT2D eigenvalue weighted by Crippen LogP contribution is 2.52. The highest BCUT2D eigenvalue weighted by molar-refractivity contribution is 5.99. The lowest BCUT2D eigenvalue weighted by Gasteiger charge is -2.45. The highest BCUT2D eigenvalue weighted by atomic mass is 16.1. The Hall–Kier alpha value is -1.63. The minimum absolute atomic E-state index is 0.277. The molecular formula is C20H22O. The molecule has 1 atom stereocenters. The zero-order valence-corrected chi connectivity index (χ0v) is 12.5. The van der Waals surface area contributed by atoms with Gasteiger partial charge < -0.3 is 0 Å². The molecule has 21 heavy (non-hydrogen) atoms. The number of carbonyl (C=O) groups is 1. The summed E-state index contributed by atoms with van der Waals surface area (Å²) in [6, 6.07) is 8.50. The average Bonchev–Trinajstić information content (AvgIpc) is 2.52. The smallest absolute Gasteiger partial charge is 0.165 e. The summed E-state index contributed by atoms with van der Waals surface area (Å²) >= 11 is 0. The molecule has 1 saturated carbocycles. The van der Waals surface area contributed by atoms with Gasteiger partial charge in [-0.25, -0.2) is 0 Å². The van der Waals surface area contributed by atoms with E-state index in [4.69, 9.17) is 0 Å². The van der Waals surface area contributed by atoms with Crippen molar-refractivity contribution in [1.82, 2.24) is 0 Å². The van der Waals surface area contributed by atoms with Crippen LogP contribution in [0.3, 0.4) is 0 Å². The van der Waals surface area contributed by atoms with Crippen molar-refractivity contribution in [2.75, 3.05) is 0 Å². The third kappa shape index (κ3) is 2.10. The van der Waals surface area contributed by atoms with E-state index in [1.54, 1.807) is 0 Å². The van der Waals surface area contributed by atoms with Crippen LogP contribution in [0.15, 0.2) is 42.5 Å². The van der Waals surface area contributed by atoms with Gasteiger partial charge in [0, 0.05) is 0 Å². The molecule has 0 heterocycles. The number of ketones is 1. The molecule has 1 aromatic rings. The fourth-order valence-corrected chi connectivity index (χ4v) is 4.59. The van der Waals surface area contributed by atoms with Crippen molar-refractivity contribution in [2.24, 2.45) is 10.8 Å². The summed E-state index contributed by atoms with van der Waals surface area (Å²) in [6.45, 7) is 0. The van der Waals surface area contributed by atoms with E-state index in [-0.39, 0.29) is 10.8 Å². The molecule has 4 rings (SSSR count). The van der Waals surface area contributed by atoms with Crippen LogP contribution in [-0.2, 0) is 11.2 Å². The third-order valence-corrected chi connectivity index (χ3v) is 5.74. The molecule has 0 amide bonds. The number of hydrogen-bond donors (Lipinski definition) is 0. The summed E-state index contributed by atoms with van der Waals surface area (Å²) in [5.74, 6) is 0.310. The van der Waals surface area contributed by atoms with Crippen LogP contribution in [0, 0.1) is 10.8 Å². The van der Waals surface area contributed by atoms with Gasteiger partial charge in [-0.1, -0.05) is 61.8 Å². The molecule has 1 heteroatoms. The van der Waals surface area contributed by atoms with Gasteiger partial charge in [-0.2, -0.15) is 0 Å². The van der Waals surface area contributed by atoms with E-state index in [1.807, 2.05) is 6.08 Å². The standard InChI is InChI=1S/C20H22O/c21-18-9-12-19(10-4-1-5-11-19)15-20(18)13-8-16-6-2-3-7-17(16)14-20/h2-3,6-9,12-13H,1,4-5,10-11,14-15H2/t20-/m1/s1. The van der Waals surface area contributed by atoms with Crippen molar-refractivity contribution in [1.29, 1.82) is 0 Å². The number of allylic oxidation sites excluding steroid dienone is 3. The van der Waals surface area contributed by atoms with E-state index in [9.17, 15) is 4.79 Å². The minimum atomic E-state index is -0.277. The van der Waals surface area contributed by atoms with Crippen molar-refractivity contribution in [3.8, 4) is 0 Å². The van der Waals surface area contributed by atoms with Crippen LogP contribution < -0.4 is 0 Å². The second-order valence-electron chi connectivity index (χ2n) is 7.16. The fraction of sp³-hybridized carbons (Fsp3) is 0.450. The number of rotatable bonds is 0. The van der Waals surface area contributed by atoms with Gasteiger partial charge in [0.1, 0.15) is 0 Å². The van der Waals surface area contributed by atoms with Crippen molar-refractivity contribution in [3.05, 3.63) is 53.6 Å². The van der Waals surface area contributed by atoms with E-state index >= 15 is 0 Å². The predicted octanol–water partition coefficient (Wildman–Crippen LogP) is 4.72. The molecule has 0 bridgehead atoms. The van der Waals surface area contributed by atoms with Crippen LogP contribution in [0.4, 0.5) is 0 Å². The van der Waals surface area contributed by atoms with Crippen LogP contribution in [-0.4, -0.2) is 5.78 Å². The average molecular weight is 278 g/mol. The summed E-state index contributed by atoms with van der Waals surface area (Å²) in [7, 11) is 0. The molecule has 1 fully saturated rings. The maximum absolute atomic E-state index is 12.7. The van der Waals surface area contributed by atoms with E-state index < -0.39 is 0 Å². The van der Waals surface area contributed by atoms with Crippen molar-refractivity contribution < 1.29 is 4.79 Å². The van der Waals surface area contributed by atoms with E-state index in [0.29, 0.717) is 5.78 Å². The minimum Gasteiger partial charge on any atom is -0.294 e. The maximum atomic E-state index is 12.7. The number of carbonyl (C=O) groups excluding carboxylic acids is 1. The van der Waals surface area contributed by atoms with Gasteiger partial charge in [0.15, 0.2) is 5.78 Å². The quantitative estimate of drug-likeness (QED) is 0.671. The first-order chi connectivity index (χ1) is 10.2. The summed E-state index contributed by atoms with van der Waals surface area (Å²) in [6.07, 6.45) is 16.9. The number of hydrogen-bond acceptors (Lipinski definition) is 1. The SMILES string of the molecule is O=C1C=CC2(CCCCC2)C[C@]12C=Cc1ccccc1C2. The maximum Gasteiger partial charge on any atom is 0.165 e. The molecule has 1 aromatic carbocycles. The Kier molecular flexibility index (Phi) is 2.92. The van der Waals surface area contributed by atoms with Crippen molar-refractivity contribution >= 4 is 11.9 Å². The van der Waals surface area contributed by atoms with Gasteiger partial charge in [-0.15, -0.1) is 0 Å². The van der Waals surface area contributed by atoms with Crippen molar-refractivity contribution in [2.45, 2.75) is 44.9 Å². The zero-order chi connectivity index (χ0) is 14.3. The second-order valence-corrected chi connectivity index (χ2v) is 7.16. The topological polar surface area (TPSA) is 17.1 Å². The first-order valence-corrected chi connectivity index (χ1v) is 8.22.